The number of hydrogen-bond donors (Lipinski definition) is 4. The second-order valence-electron chi connectivity index (χ2n) is 8.57. The topological polar surface area (TPSA) is 146 Å². The molecule has 2 amide bonds. The van der Waals surface area contributed by atoms with Crippen LogP contribution in [0.15, 0.2) is 45.7 Å². The molecule has 1 heterocycles. The van der Waals surface area contributed by atoms with Crippen LogP contribution in [-0.2, 0) is 0 Å². The summed E-state index contributed by atoms with van der Waals surface area (Å²) < 4.78 is 14.9. The average Bonchev–Trinajstić information content (AvgIpc) is 2.84. The molecule has 2 aromatic carbocycles. The van der Waals surface area contributed by atoms with E-state index in [4.69, 9.17) is 0 Å². The molecule has 0 bridgehead atoms. The molecule has 10 nitrogen and oxygen atoms in total. The fourth-order valence-corrected chi connectivity index (χ4v) is 5.02. The van der Waals surface area contributed by atoms with E-state index >= 15 is 0 Å². The molecule has 0 radical (unpaired) electrons. The smallest absolute Gasteiger partial charge is 0.294 e. The van der Waals surface area contributed by atoms with Gasteiger partial charge in [0, 0.05) is 41.1 Å². The van der Waals surface area contributed by atoms with Gasteiger partial charge in [0.1, 0.15) is 11.5 Å². The van der Waals surface area contributed by atoms with Gasteiger partial charge in [-0.2, -0.15) is 0 Å². The highest BCUT2D eigenvalue weighted by atomic mass is 79.9. The van der Waals surface area contributed by atoms with Gasteiger partial charge < -0.3 is 20.9 Å². The molecule has 0 unspecified atom stereocenters. The molecule has 0 saturated heterocycles. The summed E-state index contributed by atoms with van der Waals surface area (Å²) in [6, 6.07) is 7.47. The van der Waals surface area contributed by atoms with E-state index in [-0.39, 0.29) is 45.5 Å². The number of fused-ring (bicyclic) bond motifs is 1. The van der Waals surface area contributed by atoms with Crippen LogP contribution in [0.2, 0.25) is 0 Å². The number of carbonyl (C=O) groups is 2. The maximum absolute atomic E-state index is 14.5. The van der Waals surface area contributed by atoms with Crippen LogP contribution in [-0.4, -0.2) is 40.9 Å². The summed E-state index contributed by atoms with van der Waals surface area (Å²) in [6.45, 7) is 0. The molecule has 188 valence electrons. The third kappa shape index (κ3) is 5.23. The zero-order chi connectivity index (χ0) is 26.0. The Morgan fingerprint density at radius 3 is 2.61 bits per heavy atom. The number of anilines is 1. The highest BCUT2D eigenvalue weighted by molar-refractivity contribution is 9.10. The largest absolute Gasteiger partial charge is 0.376 e. The first-order valence-corrected chi connectivity index (χ1v) is 12.1. The van der Waals surface area contributed by atoms with Crippen LogP contribution in [0.1, 0.15) is 46.4 Å². The number of nitro benzene ring substituents is 1. The highest BCUT2D eigenvalue weighted by Gasteiger charge is 2.29. The van der Waals surface area contributed by atoms with Crippen molar-refractivity contribution >= 4 is 50.0 Å². The van der Waals surface area contributed by atoms with E-state index in [1.807, 2.05) is 0 Å². The molecule has 1 aliphatic carbocycles. The van der Waals surface area contributed by atoms with Crippen LogP contribution in [0.5, 0.6) is 0 Å². The summed E-state index contributed by atoms with van der Waals surface area (Å²) in [5.41, 5.74) is -0.393. The lowest BCUT2D eigenvalue weighted by Crippen LogP contribution is -2.42. The second-order valence-corrected chi connectivity index (χ2v) is 9.49. The minimum atomic E-state index is -0.624. The maximum atomic E-state index is 14.5. The van der Waals surface area contributed by atoms with Gasteiger partial charge in [0.15, 0.2) is 0 Å². The van der Waals surface area contributed by atoms with E-state index < -0.39 is 28.1 Å². The lowest BCUT2D eigenvalue weighted by molar-refractivity contribution is -0.384. The minimum Gasteiger partial charge on any atom is -0.376 e. The van der Waals surface area contributed by atoms with Crippen molar-refractivity contribution in [3.05, 3.63) is 78.3 Å². The number of aromatic amines is 1. The number of pyridine rings is 1. The van der Waals surface area contributed by atoms with E-state index in [0.717, 1.165) is 6.07 Å². The number of carbonyl (C=O) groups excluding carboxylic acids is 2. The molecule has 1 fully saturated rings. The Balaban J connectivity index is 1.57. The SMILES string of the molecule is CNC(=O)c1cc(Br)cc([N+](=O)[O-])c1N[C@@H]1CCC[C@H](NC(=O)c2cc(=O)[nH]c3cccc(F)c23)C1. The van der Waals surface area contributed by atoms with Gasteiger partial charge in [-0.3, -0.25) is 24.5 Å². The van der Waals surface area contributed by atoms with Crippen LogP contribution in [0.3, 0.4) is 0 Å². The zero-order valence-electron chi connectivity index (χ0n) is 19.2. The van der Waals surface area contributed by atoms with Crippen molar-refractivity contribution in [3.8, 4) is 0 Å². The van der Waals surface area contributed by atoms with Crippen molar-refractivity contribution < 1.29 is 18.9 Å². The maximum Gasteiger partial charge on any atom is 0.294 e. The fourth-order valence-electron chi connectivity index (χ4n) is 4.57. The third-order valence-electron chi connectivity index (χ3n) is 6.17. The number of benzene rings is 2. The summed E-state index contributed by atoms with van der Waals surface area (Å²) in [5.74, 6) is -1.69. The van der Waals surface area contributed by atoms with Gasteiger partial charge in [0.2, 0.25) is 5.56 Å². The van der Waals surface area contributed by atoms with Gasteiger partial charge in [-0.05, 0) is 43.9 Å². The summed E-state index contributed by atoms with van der Waals surface area (Å²) in [7, 11) is 1.44. The molecule has 1 aliphatic rings. The van der Waals surface area contributed by atoms with Crippen molar-refractivity contribution in [2.45, 2.75) is 37.8 Å². The van der Waals surface area contributed by atoms with Gasteiger partial charge >= 0.3 is 0 Å². The molecule has 4 rings (SSSR count). The summed E-state index contributed by atoms with van der Waals surface area (Å²) in [5, 5.41) is 20.2. The molecule has 3 aromatic rings. The van der Waals surface area contributed by atoms with Gasteiger partial charge in [-0.1, -0.05) is 22.0 Å². The lowest BCUT2D eigenvalue weighted by atomic mass is 9.90. The monoisotopic (exact) mass is 559 g/mol. The van der Waals surface area contributed by atoms with Gasteiger partial charge in [-0.15, -0.1) is 0 Å². The zero-order valence-corrected chi connectivity index (χ0v) is 20.8. The molecule has 2 atom stereocenters. The Morgan fingerprint density at radius 2 is 1.89 bits per heavy atom. The average molecular weight is 560 g/mol. The molecular formula is C24H23BrFN5O5. The number of nitrogens with zero attached hydrogens (tertiary/aromatic N) is 1. The van der Waals surface area contributed by atoms with Crippen molar-refractivity contribution in [2.75, 3.05) is 12.4 Å². The molecule has 1 aromatic heterocycles. The third-order valence-corrected chi connectivity index (χ3v) is 6.63. The van der Waals surface area contributed by atoms with Crippen LogP contribution in [0.25, 0.3) is 10.9 Å². The second kappa shape index (κ2) is 10.4. The minimum absolute atomic E-state index is 0.0285. The Bertz CT molecular complexity index is 1430. The number of hydrogen-bond acceptors (Lipinski definition) is 6. The van der Waals surface area contributed by atoms with Crippen molar-refractivity contribution in [2.24, 2.45) is 0 Å². The number of H-pyrrole nitrogens is 1. The Kier molecular flexibility index (Phi) is 7.34. The van der Waals surface area contributed by atoms with Crippen molar-refractivity contribution in [1.82, 2.24) is 15.6 Å². The number of rotatable bonds is 6. The summed E-state index contributed by atoms with van der Waals surface area (Å²) >= 11 is 3.21. The lowest BCUT2D eigenvalue weighted by Gasteiger charge is -2.31. The number of aromatic nitrogens is 1. The fraction of sp³-hybridized carbons (Fsp3) is 0.292. The van der Waals surface area contributed by atoms with Gasteiger partial charge in [0.25, 0.3) is 17.5 Å². The van der Waals surface area contributed by atoms with Crippen LogP contribution >= 0.6 is 15.9 Å². The van der Waals surface area contributed by atoms with Crippen molar-refractivity contribution in [1.29, 1.82) is 0 Å². The van der Waals surface area contributed by atoms with E-state index in [0.29, 0.717) is 30.2 Å². The Hall–Kier alpha value is -3.80. The number of amides is 2. The van der Waals surface area contributed by atoms with Crippen LogP contribution < -0.4 is 21.5 Å². The summed E-state index contributed by atoms with van der Waals surface area (Å²) in [4.78, 5) is 51.2. The quantitative estimate of drug-likeness (QED) is 0.266. The van der Waals surface area contributed by atoms with Gasteiger partial charge in [-0.25, -0.2) is 4.39 Å². The molecule has 0 spiro atoms. The Labute approximate surface area is 212 Å². The first-order valence-electron chi connectivity index (χ1n) is 11.3. The molecule has 12 heteroatoms. The molecule has 1 saturated carbocycles. The van der Waals surface area contributed by atoms with Crippen LogP contribution in [0, 0.1) is 15.9 Å². The predicted molar refractivity (Wildman–Crippen MR) is 136 cm³/mol. The van der Waals surface area contributed by atoms with E-state index in [1.165, 1.54) is 37.4 Å². The van der Waals surface area contributed by atoms with E-state index in [1.54, 1.807) is 0 Å². The van der Waals surface area contributed by atoms with E-state index in [9.17, 15) is 28.9 Å². The first kappa shape index (κ1) is 25.3. The molecule has 4 N–H and O–H groups in total. The van der Waals surface area contributed by atoms with Crippen LogP contribution in [0.4, 0.5) is 15.8 Å². The highest BCUT2D eigenvalue weighted by Crippen LogP contribution is 2.35. The predicted octanol–water partition coefficient (Wildman–Crippen LogP) is 3.85. The molecular weight excluding hydrogens is 537 g/mol. The van der Waals surface area contributed by atoms with Gasteiger partial charge in [0.05, 0.1) is 21.6 Å². The van der Waals surface area contributed by atoms with Crippen molar-refractivity contribution in [3.63, 3.8) is 0 Å². The first-order chi connectivity index (χ1) is 17.2. The van der Waals surface area contributed by atoms with E-state index in [2.05, 4.69) is 36.9 Å². The summed E-state index contributed by atoms with van der Waals surface area (Å²) in [6.07, 6.45) is 2.41. The number of nitrogens with one attached hydrogen (secondary N) is 4. The standard InChI is InChI=1S/C24H23BrFN5O5/c1-27-23(33)16-8-12(25)9-19(31(35)36)22(16)28-13-4-2-5-14(10-13)29-24(34)15-11-20(32)30-18-7-3-6-17(26)21(15)18/h3,6-9,11,13-14,28H,2,4-5,10H2,1H3,(H,27,33)(H,29,34)(H,30,32)/t13-,14+/m1/s1. The molecule has 0 aliphatic heterocycles. The Morgan fingerprint density at radius 1 is 1.14 bits per heavy atom. The molecule has 36 heavy (non-hydrogen) atoms. The normalized spacial score (nSPS) is 17.4. The number of halogens is 2. The number of nitro groups is 1.